The van der Waals surface area contributed by atoms with Crippen molar-refractivity contribution in [3.05, 3.63) is 47.1 Å². The lowest BCUT2D eigenvalue weighted by Crippen LogP contribution is -2.29. The fourth-order valence-corrected chi connectivity index (χ4v) is 4.34. The SMILES string of the molecule is COc1ncc(NC2=C(Cc3cnn(CC4CCNCC4)c3)CCOCC2)cc1C. The number of hydrogen-bond acceptors (Lipinski definition) is 6. The Kier molecular flexibility index (Phi) is 7.02. The van der Waals surface area contributed by atoms with E-state index in [0.29, 0.717) is 5.88 Å². The van der Waals surface area contributed by atoms with E-state index in [-0.39, 0.29) is 0 Å². The molecule has 2 N–H and O–H groups in total. The second-order valence-corrected chi connectivity index (χ2v) is 8.31. The van der Waals surface area contributed by atoms with Crippen molar-refractivity contribution in [2.24, 2.45) is 5.92 Å². The molecule has 0 bridgehead atoms. The summed E-state index contributed by atoms with van der Waals surface area (Å²) in [4.78, 5) is 4.40. The smallest absolute Gasteiger partial charge is 0.216 e. The number of aryl methyl sites for hydroxylation is 1. The molecule has 4 rings (SSSR count). The van der Waals surface area contributed by atoms with E-state index in [0.717, 1.165) is 69.3 Å². The summed E-state index contributed by atoms with van der Waals surface area (Å²) in [7, 11) is 1.65. The molecule has 0 aliphatic carbocycles. The van der Waals surface area contributed by atoms with E-state index in [2.05, 4.69) is 37.7 Å². The summed E-state index contributed by atoms with van der Waals surface area (Å²) in [5, 5.41) is 11.7. The van der Waals surface area contributed by atoms with Crippen molar-refractivity contribution in [1.82, 2.24) is 20.1 Å². The maximum atomic E-state index is 5.75. The quantitative estimate of drug-likeness (QED) is 0.728. The van der Waals surface area contributed by atoms with Gasteiger partial charge in [0.15, 0.2) is 0 Å². The highest BCUT2D eigenvalue weighted by molar-refractivity contribution is 5.51. The van der Waals surface area contributed by atoms with Gasteiger partial charge in [-0.25, -0.2) is 4.98 Å². The molecular formula is C23H33N5O2. The Morgan fingerprint density at radius 1 is 1.23 bits per heavy atom. The highest BCUT2D eigenvalue weighted by Crippen LogP contribution is 2.25. The molecule has 1 fully saturated rings. The van der Waals surface area contributed by atoms with Gasteiger partial charge in [0.1, 0.15) is 0 Å². The van der Waals surface area contributed by atoms with Gasteiger partial charge in [-0.1, -0.05) is 0 Å². The molecule has 4 heterocycles. The molecule has 0 saturated carbocycles. The topological polar surface area (TPSA) is 73.2 Å². The van der Waals surface area contributed by atoms with Crippen molar-refractivity contribution in [2.45, 2.75) is 45.6 Å². The van der Waals surface area contributed by atoms with Crippen LogP contribution in [0, 0.1) is 12.8 Å². The van der Waals surface area contributed by atoms with Crippen LogP contribution in [0.1, 0.15) is 36.8 Å². The van der Waals surface area contributed by atoms with Crippen LogP contribution in [0.4, 0.5) is 5.69 Å². The molecule has 0 spiro atoms. The van der Waals surface area contributed by atoms with Crippen molar-refractivity contribution in [2.75, 3.05) is 38.7 Å². The number of rotatable bonds is 7. The summed E-state index contributed by atoms with van der Waals surface area (Å²) >= 11 is 0. The third-order valence-corrected chi connectivity index (χ3v) is 6.00. The maximum absolute atomic E-state index is 5.75. The van der Waals surface area contributed by atoms with Gasteiger partial charge in [0.2, 0.25) is 5.88 Å². The van der Waals surface area contributed by atoms with Crippen molar-refractivity contribution >= 4 is 5.69 Å². The minimum atomic E-state index is 0.667. The Morgan fingerprint density at radius 2 is 2.07 bits per heavy atom. The van der Waals surface area contributed by atoms with E-state index in [1.54, 1.807) is 7.11 Å². The van der Waals surface area contributed by atoms with Crippen LogP contribution in [0.25, 0.3) is 0 Å². The number of ether oxygens (including phenoxy) is 2. The van der Waals surface area contributed by atoms with Crippen LogP contribution in [0.2, 0.25) is 0 Å². The summed E-state index contributed by atoms with van der Waals surface area (Å²) in [6.07, 6.45) is 11.3. The normalized spacial score (nSPS) is 18.3. The Morgan fingerprint density at radius 3 is 2.87 bits per heavy atom. The zero-order valence-electron chi connectivity index (χ0n) is 18.1. The van der Waals surface area contributed by atoms with Crippen LogP contribution >= 0.6 is 0 Å². The number of nitrogens with one attached hydrogen (secondary N) is 2. The first-order chi connectivity index (χ1) is 14.7. The zero-order valence-corrected chi connectivity index (χ0v) is 18.1. The van der Waals surface area contributed by atoms with Gasteiger partial charge in [-0.3, -0.25) is 4.68 Å². The predicted molar refractivity (Wildman–Crippen MR) is 118 cm³/mol. The molecule has 2 aromatic heterocycles. The van der Waals surface area contributed by atoms with Gasteiger partial charge in [-0.05, 0) is 68.8 Å². The van der Waals surface area contributed by atoms with Crippen LogP contribution in [0.5, 0.6) is 5.88 Å². The van der Waals surface area contributed by atoms with Gasteiger partial charge in [0, 0.05) is 30.4 Å². The molecule has 7 heteroatoms. The van der Waals surface area contributed by atoms with Crippen molar-refractivity contribution < 1.29 is 9.47 Å². The number of nitrogens with zero attached hydrogens (tertiary/aromatic N) is 3. The lowest BCUT2D eigenvalue weighted by atomic mass is 9.98. The second kappa shape index (κ2) is 10.1. The summed E-state index contributed by atoms with van der Waals surface area (Å²) in [5.41, 5.74) is 5.91. The van der Waals surface area contributed by atoms with Crippen LogP contribution in [0.15, 0.2) is 35.9 Å². The number of pyridine rings is 1. The van der Waals surface area contributed by atoms with Gasteiger partial charge in [-0.2, -0.15) is 5.10 Å². The van der Waals surface area contributed by atoms with Crippen LogP contribution < -0.4 is 15.4 Å². The highest BCUT2D eigenvalue weighted by Gasteiger charge is 2.16. The van der Waals surface area contributed by atoms with Gasteiger partial charge in [0.05, 0.1) is 38.4 Å². The lowest BCUT2D eigenvalue weighted by Gasteiger charge is -2.22. The molecule has 0 unspecified atom stereocenters. The molecule has 2 aromatic rings. The fraction of sp³-hybridized carbons (Fsp3) is 0.565. The van der Waals surface area contributed by atoms with E-state index in [1.165, 1.54) is 29.7 Å². The van der Waals surface area contributed by atoms with E-state index >= 15 is 0 Å². The number of anilines is 1. The summed E-state index contributed by atoms with van der Waals surface area (Å²) < 4.78 is 13.2. The largest absolute Gasteiger partial charge is 0.481 e. The van der Waals surface area contributed by atoms with E-state index in [1.807, 2.05) is 19.3 Å². The molecule has 0 radical (unpaired) electrons. The number of methoxy groups -OCH3 is 1. The molecule has 7 nitrogen and oxygen atoms in total. The summed E-state index contributed by atoms with van der Waals surface area (Å²) in [5.74, 6) is 1.40. The first kappa shape index (κ1) is 20.9. The van der Waals surface area contributed by atoms with Crippen molar-refractivity contribution in [3.8, 4) is 5.88 Å². The van der Waals surface area contributed by atoms with Crippen molar-refractivity contribution in [1.29, 1.82) is 0 Å². The molecule has 2 aliphatic heterocycles. The standard InChI is InChI=1S/C23H33N5O2/c1-17-11-21(14-25-23(17)29-2)27-22-6-10-30-9-5-20(22)12-19-13-26-28(16-19)15-18-3-7-24-8-4-18/h11,13-14,16,18,24,27H,3-10,12,15H2,1-2H3. The second-order valence-electron chi connectivity index (χ2n) is 8.31. The summed E-state index contributed by atoms with van der Waals surface area (Å²) in [6, 6.07) is 2.08. The molecule has 0 aromatic carbocycles. The van der Waals surface area contributed by atoms with Gasteiger partial charge in [-0.15, -0.1) is 0 Å². The van der Waals surface area contributed by atoms with Gasteiger partial charge < -0.3 is 20.1 Å². The zero-order chi connectivity index (χ0) is 20.8. The lowest BCUT2D eigenvalue weighted by molar-refractivity contribution is 0.146. The molecule has 162 valence electrons. The molecule has 30 heavy (non-hydrogen) atoms. The highest BCUT2D eigenvalue weighted by atomic mass is 16.5. The average Bonchev–Trinajstić information content (AvgIpc) is 3.08. The van der Waals surface area contributed by atoms with E-state index in [4.69, 9.17) is 9.47 Å². The average molecular weight is 412 g/mol. The number of aromatic nitrogens is 3. The molecule has 0 atom stereocenters. The van der Waals surface area contributed by atoms with Crippen LogP contribution in [0.3, 0.4) is 0 Å². The number of piperidine rings is 1. The molecule has 0 amide bonds. The van der Waals surface area contributed by atoms with E-state index in [9.17, 15) is 0 Å². The Bertz CT molecular complexity index is 870. The van der Waals surface area contributed by atoms with Crippen LogP contribution in [-0.2, 0) is 17.7 Å². The fourth-order valence-electron chi connectivity index (χ4n) is 4.34. The Labute approximate surface area is 178 Å². The molecular weight excluding hydrogens is 378 g/mol. The first-order valence-electron chi connectivity index (χ1n) is 11.0. The predicted octanol–water partition coefficient (Wildman–Crippen LogP) is 3.31. The van der Waals surface area contributed by atoms with Crippen LogP contribution in [-0.4, -0.2) is 48.2 Å². The molecule has 2 aliphatic rings. The van der Waals surface area contributed by atoms with Gasteiger partial charge >= 0.3 is 0 Å². The minimum Gasteiger partial charge on any atom is -0.481 e. The third-order valence-electron chi connectivity index (χ3n) is 6.00. The number of hydrogen-bond donors (Lipinski definition) is 2. The third kappa shape index (κ3) is 5.40. The maximum Gasteiger partial charge on any atom is 0.216 e. The minimum absolute atomic E-state index is 0.667. The first-order valence-corrected chi connectivity index (χ1v) is 11.0. The Hall–Kier alpha value is -2.38. The van der Waals surface area contributed by atoms with Gasteiger partial charge in [0.25, 0.3) is 0 Å². The summed E-state index contributed by atoms with van der Waals surface area (Å²) in [6.45, 7) is 6.79. The monoisotopic (exact) mass is 411 g/mol. The van der Waals surface area contributed by atoms with Crippen molar-refractivity contribution in [3.63, 3.8) is 0 Å². The Balaban J connectivity index is 1.46. The molecule has 1 saturated heterocycles. The van der Waals surface area contributed by atoms with E-state index < -0.39 is 0 Å².